The van der Waals surface area contributed by atoms with Gasteiger partial charge in [-0.25, -0.2) is 0 Å². The van der Waals surface area contributed by atoms with Gasteiger partial charge in [0.15, 0.2) is 0 Å². The smallest absolute Gasteiger partial charge is 0.00727 e. The van der Waals surface area contributed by atoms with Crippen molar-refractivity contribution < 1.29 is 0 Å². The predicted octanol–water partition coefficient (Wildman–Crippen LogP) is 2.89. The number of rotatable bonds is 8. The summed E-state index contributed by atoms with van der Waals surface area (Å²) >= 11 is 5.47. The summed E-state index contributed by atoms with van der Waals surface area (Å²) in [6, 6.07) is 0.710. The van der Waals surface area contributed by atoms with Crippen molar-refractivity contribution in [2.75, 3.05) is 23.4 Å². The van der Waals surface area contributed by atoms with E-state index in [-0.39, 0.29) is 0 Å². The summed E-state index contributed by atoms with van der Waals surface area (Å²) in [4.78, 5) is 0. The van der Waals surface area contributed by atoms with Crippen LogP contribution >= 0.6 is 27.7 Å². The molecule has 0 radical (unpaired) electrons. The number of nitrogens with one attached hydrogen (secondary N) is 1. The van der Waals surface area contributed by atoms with Gasteiger partial charge in [-0.05, 0) is 18.6 Å². The molecule has 0 rings (SSSR count). The number of thioether (sulfide) groups is 1. The van der Waals surface area contributed by atoms with E-state index in [2.05, 4.69) is 35.1 Å². The van der Waals surface area contributed by atoms with Crippen LogP contribution in [0.2, 0.25) is 0 Å². The van der Waals surface area contributed by atoms with Crippen molar-refractivity contribution in [3.05, 3.63) is 0 Å². The van der Waals surface area contributed by atoms with E-state index >= 15 is 0 Å². The molecule has 0 spiro atoms. The molecule has 1 N–H and O–H groups in total. The molecule has 0 aromatic heterocycles. The SMILES string of the molecule is CCSCCNC(CC)CCBr. The van der Waals surface area contributed by atoms with Crippen LogP contribution in [-0.4, -0.2) is 29.4 Å². The average Bonchev–Trinajstić information content (AvgIpc) is 2.10. The van der Waals surface area contributed by atoms with Crippen molar-refractivity contribution in [2.45, 2.75) is 32.7 Å². The number of halogens is 1. The molecular formula is C9H20BrNS. The maximum absolute atomic E-state index is 3.55. The second kappa shape index (κ2) is 9.87. The lowest BCUT2D eigenvalue weighted by Crippen LogP contribution is -2.30. The van der Waals surface area contributed by atoms with Crippen LogP contribution in [0.25, 0.3) is 0 Å². The van der Waals surface area contributed by atoms with E-state index in [4.69, 9.17) is 0 Å². The Morgan fingerprint density at radius 1 is 1.42 bits per heavy atom. The fourth-order valence-electron chi connectivity index (χ4n) is 1.06. The van der Waals surface area contributed by atoms with Gasteiger partial charge in [0.2, 0.25) is 0 Å². The number of hydrogen-bond acceptors (Lipinski definition) is 2. The molecule has 0 saturated carbocycles. The Labute approximate surface area is 89.2 Å². The highest BCUT2D eigenvalue weighted by atomic mass is 79.9. The molecule has 3 heteroatoms. The first-order valence-electron chi connectivity index (χ1n) is 4.72. The standard InChI is InChI=1S/C9H20BrNS/c1-3-9(5-6-10)11-7-8-12-4-2/h9,11H,3-8H2,1-2H3. The number of alkyl halides is 1. The average molecular weight is 254 g/mol. The van der Waals surface area contributed by atoms with Crippen LogP contribution in [0.1, 0.15) is 26.7 Å². The first kappa shape index (κ1) is 12.8. The van der Waals surface area contributed by atoms with Gasteiger partial charge in [0, 0.05) is 23.7 Å². The molecule has 1 nitrogen and oxygen atoms in total. The molecule has 74 valence electrons. The van der Waals surface area contributed by atoms with Gasteiger partial charge in [0.25, 0.3) is 0 Å². The third-order valence-corrected chi connectivity index (χ3v) is 3.19. The molecular weight excluding hydrogens is 234 g/mol. The molecule has 0 aliphatic carbocycles. The molecule has 12 heavy (non-hydrogen) atoms. The van der Waals surface area contributed by atoms with Gasteiger partial charge in [-0.3, -0.25) is 0 Å². The largest absolute Gasteiger partial charge is 0.313 e. The molecule has 1 atom stereocenters. The van der Waals surface area contributed by atoms with Crippen molar-refractivity contribution in [3.8, 4) is 0 Å². The Balaban J connectivity index is 3.19. The number of hydrogen-bond donors (Lipinski definition) is 1. The van der Waals surface area contributed by atoms with Gasteiger partial charge in [-0.15, -0.1) is 0 Å². The lowest BCUT2D eigenvalue weighted by Gasteiger charge is -2.14. The Bertz CT molecular complexity index is 90.6. The molecule has 0 fully saturated rings. The lowest BCUT2D eigenvalue weighted by atomic mass is 10.2. The minimum absolute atomic E-state index is 0.710. The lowest BCUT2D eigenvalue weighted by molar-refractivity contribution is 0.505. The molecule has 0 aliphatic rings. The van der Waals surface area contributed by atoms with Gasteiger partial charge in [-0.1, -0.05) is 29.8 Å². The van der Waals surface area contributed by atoms with Gasteiger partial charge in [-0.2, -0.15) is 11.8 Å². The Hall–Kier alpha value is 0.790. The first-order chi connectivity index (χ1) is 5.85. The molecule has 0 heterocycles. The maximum Gasteiger partial charge on any atom is 0.00727 e. The predicted molar refractivity (Wildman–Crippen MR) is 63.5 cm³/mol. The topological polar surface area (TPSA) is 12.0 Å². The molecule has 0 aromatic carbocycles. The van der Waals surface area contributed by atoms with Crippen molar-refractivity contribution >= 4 is 27.7 Å². The van der Waals surface area contributed by atoms with Gasteiger partial charge in [0.1, 0.15) is 0 Å². The van der Waals surface area contributed by atoms with Crippen molar-refractivity contribution in [1.29, 1.82) is 0 Å². The van der Waals surface area contributed by atoms with E-state index in [0.717, 1.165) is 11.9 Å². The summed E-state index contributed by atoms with van der Waals surface area (Å²) in [5.41, 5.74) is 0. The molecule has 0 amide bonds. The zero-order valence-corrected chi connectivity index (χ0v) is 10.5. The summed E-state index contributed by atoms with van der Waals surface area (Å²) in [6.07, 6.45) is 2.48. The molecule has 1 unspecified atom stereocenters. The quantitative estimate of drug-likeness (QED) is 0.528. The maximum atomic E-state index is 3.55. The third-order valence-electron chi connectivity index (χ3n) is 1.83. The summed E-state index contributed by atoms with van der Waals surface area (Å²) in [7, 11) is 0. The molecule has 0 aliphatic heterocycles. The summed E-state index contributed by atoms with van der Waals surface area (Å²) < 4.78 is 0. The highest BCUT2D eigenvalue weighted by molar-refractivity contribution is 9.09. The van der Waals surface area contributed by atoms with Crippen molar-refractivity contribution in [2.24, 2.45) is 0 Å². The van der Waals surface area contributed by atoms with Crippen LogP contribution in [0.5, 0.6) is 0 Å². The minimum Gasteiger partial charge on any atom is -0.313 e. The van der Waals surface area contributed by atoms with E-state index in [9.17, 15) is 0 Å². The zero-order valence-electron chi connectivity index (χ0n) is 8.11. The van der Waals surface area contributed by atoms with Crippen molar-refractivity contribution in [1.82, 2.24) is 5.32 Å². The Morgan fingerprint density at radius 3 is 2.67 bits per heavy atom. The van der Waals surface area contributed by atoms with E-state index in [0.29, 0.717) is 6.04 Å². The second-order valence-electron chi connectivity index (χ2n) is 2.73. The summed E-state index contributed by atoms with van der Waals surface area (Å²) in [6.45, 7) is 5.61. The zero-order chi connectivity index (χ0) is 9.23. The summed E-state index contributed by atoms with van der Waals surface area (Å²) in [5, 5.41) is 4.66. The van der Waals surface area contributed by atoms with E-state index in [1.807, 2.05) is 11.8 Å². The highest BCUT2D eigenvalue weighted by Crippen LogP contribution is 2.01. The molecule has 0 aromatic rings. The third kappa shape index (κ3) is 7.44. The van der Waals surface area contributed by atoms with Gasteiger partial charge in [0.05, 0.1) is 0 Å². The minimum atomic E-state index is 0.710. The fraction of sp³-hybridized carbons (Fsp3) is 1.00. The second-order valence-corrected chi connectivity index (χ2v) is 4.92. The van der Waals surface area contributed by atoms with E-state index < -0.39 is 0 Å². The van der Waals surface area contributed by atoms with Crippen LogP contribution in [0, 0.1) is 0 Å². The van der Waals surface area contributed by atoms with E-state index in [1.54, 1.807) is 0 Å². The summed E-state index contributed by atoms with van der Waals surface area (Å²) in [5.74, 6) is 2.48. The van der Waals surface area contributed by atoms with Crippen molar-refractivity contribution in [3.63, 3.8) is 0 Å². The molecule has 0 bridgehead atoms. The highest BCUT2D eigenvalue weighted by Gasteiger charge is 2.02. The molecule has 0 saturated heterocycles. The first-order valence-corrected chi connectivity index (χ1v) is 6.99. The van der Waals surface area contributed by atoms with Crippen LogP contribution < -0.4 is 5.32 Å². The van der Waals surface area contributed by atoms with Gasteiger partial charge < -0.3 is 5.32 Å². The van der Waals surface area contributed by atoms with Crippen LogP contribution in [0.4, 0.5) is 0 Å². The van der Waals surface area contributed by atoms with Gasteiger partial charge >= 0.3 is 0 Å². The fourth-order valence-corrected chi connectivity index (χ4v) is 2.17. The monoisotopic (exact) mass is 253 g/mol. The normalized spacial score (nSPS) is 13.2. The Morgan fingerprint density at radius 2 is 2.17 bits per heavy atom. The van der Waals surface area contributed by atoms with Crippen LogP contribution in [-0.2, 0) is 0 Å². The van der Waals surface area contributed by atoms with Crippen LogP contribution in [0.3, 0.4) is 0 Å². The van der Waals surface area contributed by atoms with E-state index in [1.165, 1.54) is 24.3 Å². The van der Waals surface area contributed by atoms with Crippen LogP contribution in [0.15, 0.2) is 0 Å². The Kier molecular flexibility index (Phi) is 10.5.